The zero-order valence-corrected chi connectivity index (χ0v) is 11.3. The van der Waals surface area contributed by atoms with Crippen LogP contribution in [0.2, 0.25) is 0 Å². The van der Waals surface area contributed by atoms with Gasteiger partial charge in [0.1, 0.15) is 11.6 Å². The summed E-state index contributed by atoms with van der Waals surface area (Å²) in [5.41, 5.74) is 7.05. The predicted molar refractivity (Wildman–Crippen MR) is 77.4 cm³/mol. The molecule has 0 aliphatic rings. The average molecular weight is 271 g/mol. The highest BCUT2D eigenvalue weighted by molar-refractivity contribution is 5.75. The Morgan fingerprint density at radius 3 is 2.85 bits per heavy atom. The van der Waals surface area contributed by atoms with Gasteiger partial charge in [-0.2, -0.15) is 0 Å². The SMILES string of the molecule is Cc1cccc(NCc2cccc(OCC(N)=O)c2)n1. The number of primary amides is 1. The van der Waals surface area contributed by atoms with Gasteiger partial charge in [-0.05, 0) is 36.8 Å². The van der Waals surface area contributed by atoms with E-state index in [4.69, 9.17) is 10.5 Å². The van der Waals surface area contributed by atoms with Crippen molar-refractivity contribution < 1.29 is 9.53 Å². The maximum atomic E-state index is 10.7. The van der Waals surface area contributed by atoms with Gasteiger partial charge in [-0.1, -0.05) is 18.2 Å². The highest BCUT2D eigenvalue weighted by Crippen LogP contribution is 2.14. The third kappa shape index (κ3) is 4.28. The Labute approximate surface area is 117 Å². The zero-order chi connectivity index (χ0) is 14.4. The van der Waals surface area contributed by atoms with Crippen LogP contribution in [0.4, 0.5) is 5.82 Å². The molecule has 0 fully saturated rings. The lowest BCUT2D eigenvalue weighted by Gasteiger charge is -2.08. The number of rotatable bonds is 6. The molecule has 0 unspecified atom stereocenters. The second kappa shape index (κ2) is 6.56. The highest BCUT2D eigenvalue weighted by atomic mass is 16.5. The fourth-order valence-corrected chi connectivity index (χ4v) is 1.73. The van der Waals surface area contributed by atoms with E-state index < -0.39 is 5.91 Å². The summed E-state index contributed by atoms with van der Waals surface area (Å²) in [7, 11) is 0. The lowest BCUT2D eigenvalue weighted by Crippen LogP contribution is -2.20. The molecule has 0 saturated heterocycles. The van der Waals surface area contributed by atoms with E-state index in [0.717, 1.165) is 17.1 Å². The number of hydrogen-bond donors (Lipinski definition) is 2. The number of anilines is 1. The third-order valence-electron chi connectivity index (χ3n) is 2.64. The van der Waals surface area contributed by atoms with E-state index in [1.54, 1.807) is 6.07 Å². The number of benzene rings is 1. The maximum absolute atomic E-state index is 10.7. The number of pyridine rings is 1. The Bertz CT molecular complexity index is 599. The minimum Gasteiger partial charge on any atom is -0.484 e. The van der Waals surface area contributed by atoms with Crippen LogP contribution in [0.15, 0.2) is 42.5 Å². The van der Waals surface area contributed by atoms with E-state index in [-0.39, 0.29) is 6.61 Å². The molecule has 1 aromatic heterocycles. The van der Waals surface area contributed by atoms with Crippen LogP contribution >= 0.6 is 0 Å². The predicted octanol–water partition coefficient (Wildman–Crippen LogP) is 1.87. The van der Waals surface area contributed by atoms with Gasteiger partial charge in [0.2, 0.25) is 0 Å². The molecule has 20 heavy (non-hydrogen) atoms. The van der Waals surface area contributed by atoms with Crippen LogP contribution in [0.3, 0.4) is 0 Å². The minimum absolute atomic E-state index is 0.115. The Morgan fingerprint density at radius 1 is 1.30 bits per heavy atom. The van der Waals surface area contributed by atoms with Crippen molar-refractivity contribution in [3.8, 4) is 5.75 Å². The first-order valence-corrected chi connectivity index (χ1v) is 6.31. The molecule has 0 radical (unpaired) electrons. The van der Waals surface area contributed by atoms with Crippen LogP contribution in [0, 0.1) is 6.92 Å². The Kier molecular flexibility index (Phi) is 4.55. The smallest absolute Gasteiger partial charge is 0.255 e. The average Bonchev–Trinajstić information content (AvgIpc) is 2.43. The zero-order valence-electron chi connectivity index (χ0n) is 11.3. The van der Waals surface area contributed by atoms with Crippen molar-refractivity contribution >= 4 is 11.7 Å². The number of amides is 1. The van der Waals surface area contributed by atoms with Gasteiger partial charge in [0, 0.05) is 12.2 Å². The van der Waals surface area contributed by atoms with Crippen molar-refractivity contribution in [2.75, 3.05) is 11.9 Å². The molecule has 0 saturated carbocycles. The van der Waals surface area contributed by atoms with E-state index in [0.29, 0.717) is 12.3 Å². The molecule has 0 spiro atoms. The third-order valence-corrected chi connectivity index (χ3v) is 2.64. The Hall–Kier alpha value is -2.56. The molecular weight excluding hydrogens is 254 g/mol. The molecule has 1 heterocycles. The molecule has 2 aromatic rings. The topological polar surface area (TPSA) is 77.2 Å². The van der Waals surface area contributed by atoms with Gasteiger partial charge in [0.05, 0.1) is 0 Å². The maximum Gasteiger partial charge on any atom is 0.255 e. The normalized spacial score (nSPS) is 10.1. The molecule has 5 heteroatoms. The summed E-state index contributed by atoms with van der Waals surface area (Å²) in [4.78, 5) is 15.0. The molecule has 0 aliphatic heterocycles. The van der Waals surface area contributed by atoms with Crippen LogP contribution in [0.25, 0.3) is 0 Å². The number of aryl methyl sites for hydroxylation is 1. The van der Waals surface area contributed by atoms with Gasteiger partial charge in [0.25, 0.3) is 5.91 Å². The van der Waals surface area contributed by atoms with Crippen molar-refractivity contribution in [2.45, 2.75) is 13.5 Å². The Balaban J connectivity index is 1.95. The number of nitrogens with zero attached hydrogens (tertiary/aromatic N) is 1. The van der Waals surface area contributed by atoms with Gasteiger partial charge in [-0.25, -0.2) is 4.98 Å². The minimum atomic E-state index is -0.488. The summed E-state index contributed by atoms with van der Waals surface area (Å²) >= 11 is 0. The number of carbonyl (C=O) groups excluding carboxylic acids is 1. The van der Waals surface area contributed by atoms with E-state index in [2.05, 4.69) is 10.3 Å². The van der Waals surface area contributed by atoms with E-state index in [1.807, 2.05) is 43.3 Å². The lowest BCUT2D eigenvalue weighted by atomic mass is 10.2. The molecule has 0 bridgehead atoms. The molecule has 5 nitrogen and oxygen atoms in total. The van der Waals surface area contributed by atoms with Crippen molar-refractivity contribution in [3.05, 3.63) is 53.7 Å². The second-order valence-electron chi connectivity index (χ2n) is 4.42. The number of aromatic nitrogens is 1. The van der Waals surface area contributed by atoms with Crippen LogP contribution in [0.1, 0.15) is 11.3 Å². The standard InChI is InChI=1S/C15H17N3O2/c1-11-4-2-7-15(18-11)17-9-12-5-3-6-13(8-12)20-10-14(16)19/h2-8H,9-10H2,1H3,(H2,16,19)(H,17,18). The second-order valence-corrected chi connectivity index (χ2v) is 4.42. The fraction of sp³-hybridized carbons (Fsp3) is 0.200. The number of hydrogen-bond acceptors (Lipinski definition) is 4. The highest BCUT2D eigenvalue weighted by Gasteiger charge is 2.00. The van der Waals surface area contributed by atoms with Gasteiger partial charge in [-0.3, -0.25) is 4.79 Å². The van der Waals surface area contributed by atoms with Crippen molar-refractivity contribution in [1.82, 2.24) is 4.98 Å². The molecule has 104 valence electrons. The summed E-state index contributed by atoms with van der Waals surface area (Å²) < 4.78 is 5.26. The molecule has 0 aliphatic carbocycles. The van der Waals surface area contributed by atoms with Gasteiger partial charge in [0.15, 0.2) is 6.61 Å². The molecule has 0 atom stereocenters. The number of carbonyl (C=O) groups is 1. The Morgan fingerprint density at radius 2 is 2.10 bits per heavy atom. The van der Waals surface area contributed by atoms with Crippen LogP contribution in [-0.4, -0.2) is 17.5 Å². The van der Waals surface area contributed by atoms with Crippen LogP contribution in [-0.2, 0) is 11.3 Å². The fourth-order valence-electron chi connectivity index (χ4n) is 1.73. The summed E-state index contributed by atoms with van der Waals surface area (Å²) in [6.07, 6.45) is 0. The van der Waals surface area contributed by atoms with E-state index in [1.165, 1.54) is 0 Å². The van der Waals surface area contributed by atoms with E-state index in [9.17, 15) is 4.79 Å². The molecule has 1 amide bonds. The quantitative estimate of drug-likeness (QED) is 0.840. The first kappa shape index (κ1) is 13.9. The number of nitrogens with two attached hydrogens (primary N) is 1. The first-order chi connectivity index (χ1) is 9.63. The summed E-state index contributed by atoms with van der Waals surface area (Å²) in [5, 5.41) is 3.24. The molecule has 2 rings (SSSR count). The first-order valence-electron chi connectivity index (χ1n) is 6.31. The molecule has 3 N–H and O–H groups in total. The van der Waals surface area contributed by atoms with Gasteiger partial charge in [-0.15, -0.1) is 0 Å². The number of ether oxygens (including phenoxy) is 1. The summed E-state index contributed by atoms with van der Waals surface area (Å²) in [6.45, 7) is 2.46. The largest absolute Gasteiger partial charge is 0.484 e. The summed E-state index contributed by atoms with van der Waals surface area (Å²) in [6, 6.07) is 13.3. The lowest BCUT2D eigenvalue weighted by molar-refractivity contribution is -0.119. The molecular formula is C15H17N3O2. The number of nitrogens with one attached hydrogen (secondary N) is 1. The van der Waals surface area contributed by atoms with Crippen molar-refractivity contribution in [1.29, 1.82) is 0 Å². The van der Waals surface area contributed by atoms with Crippen LogP contribution in [0.5, 0.6) is 5.75 Å². The molecule has 1 aromatic carbocycles. The van der Waals surface area contributed by atoms with Gasteiger partial charge < -0.3 is 15.8 Å². The van der Waals surface area contributed by atoms with Crippen molar-refractivity contribution in [2.24, 2.45) is 5.73 Å². The van der Waals surface area contributed by atoms with Crippen molar-refractivity contribution in [3.63, 3.8) is 0 Å². The summed E-state index contributed by atoms with van der Waals surface area (Å²) in [5.74, 6) is 0.964. The monoisotopic (exact) mass is 271 g/mol. The van der Waals surface area contributed by atoms with Gasteiger partial charge >= 0.3 is 0 Å². The van der Waals surface area contributed by atoms with E-state index >= 15 is 0 Å². The van der Waals surface area contributed by atoms with Crippen LogP contribution < -0.4 is 15.8 Å².